The van der Waals surface area contributed by atoms with Crippen molar-refractivity contribution in [3.63, 3.8) is 0 Å². The van der Waals surface area contributed by atoms with Crippen molar-refractivity contribution >= 4 is 45.2 Å². The lowest BCUT2D eigenvalue weighted by molar-refractivity contribution is -0.112. The van der Waals surface area contributed by atoms with Crippen molar-refractivity contribution < 1.29 is 14.3 Å². The predicted octanol–water partition coefficient (Wildman–Crippen LogP) is 5.44. The number of nitrogens with one attached hydrogen (secondary N) is 1. The third kappa shape index (κ3) is 5.75. The summed E-state index contributed by atoms with van der Waals surface area (Å²) in [5, 5.41) is 12.6. The Morgan fingerprint density at radius 3 is 2.52 bits per heavy atom. The van der Waals surface area contributed by atoms with Gasteiger partial charge in [0.2, 0.25) is 0 Å². The molecule has 0 aromatic heterocycles. The maximum Gasteiger partial charge on any atom is 0.266 e. The van der Waals surface area contributed by atoms with Gasteiger partial charge in [0.05, 0.1) is 17.7 Å². The maximum absolute atomic E-state index is 12.4. The number of rotatable bonds is 6. The summed E-state index contributed by atoms with van der Waals surface area (Å²) in [6.07, 6.45) is 1.45. The standard InChI is InChI=1S/C20H18BrClN2O3/c1-12(2)27-19-17(21)9-13(10-18(19)26-3)8-14(11-23)20(25)24-16-6-4-15(22)5-7-16/h4-10,12H,1-3H3,(H,24,25)/b14-8+. The van der Waals surface area contributed by atoms with Crippen LogP contribution in [0.5, 0.6) is 11.5 Å². The van der Waals surface area contributed by atoms with Crippen LogP contribution in [-0.2, 0) is 4.79 Å². The number of hydrogen-bond donors (Lipinski definition) is 1. The van der Waals surface area contributed by atoms with Crippen molar-refractivity contribution in [2.24, 2.45) is 0 Å². The number of nitriles is 1. The van der Waals surface area contributed by atoms with Gasteiger partial charge < -0.3 is 14.8 Å². The van der Waals surface area contributed by atoms with Crippen LogP contribution in [-0.4, -0.2) is 19.1 Å². The molecule has 0 aliphatic carbocycles. The number of ether oxygens (including phenoxy) is 2. The van der Waals surface area contributed by atoms with Crippen LogP contribution in [0, 0.1) is 11.3 Å². The Morgan fingerprint density at radius 1 is 1.30 bits per heavy atom. The average molecular weight is 450 g/mol. The highest BCUT2D eigenvalue weighted by Crippen LogP contribution is 2.38. The highest BCUT2D eigenvalue weighted by molar-refractivity contribution is 9.10. The van der Waals surface area contributed by atoms with Gasteiger partial charge in [-0.2, -0.15) is 5.26 Å². The van der Waals surface area contributed by atoms with E-state index in [9.17, 15) is 10.1 Å². The number of benzene rings is 2. The van der Waals surface area contributed by atoms with Gasteiger partial charge in [0.1, 0.15) is 11.6 Å². The molecule has 1 amide bonds. The summed E-state index contributed by atoms with van der Waals surface area (Å²) in [7, 11) is 1.53. The van der Waals surface area contributed by atoms with Gasteiger partial charge in [0, 0.05) is 10.7 Å². The second-order valence-corrected chi connectivity index (χ2v) is 7.12. The van der Waals surface area contributed by atoms with E-state index in [4.69, 9.17) is 21.1 Å². The van der Waals surface area contributed by atoms with Crippen molar-refractivity contribution in [3.8, 4) is 17.6 Å². The zero-order valence-corrected chi connectivity index (χ0v) is 17.4. The second-order valence-electron chi connectivity index (χ2n) is 5.83. The van der Waals surface area contributed by atoms with Gasteiger partial charge in [-0.15, -0.1) is 0 Å². The summed E-state index contributed by atoms with van der Waals surface area (Å²) in [6.45, 7) is 3.82. The van der Waals surface area contributed by atoms with Gasteiger partial charge in [-0.25, -0.2) is 0 Å². The second kappa shape index (κ2) is 9.45. The van der Waals surface area contributed by atoms with Gasteiger partial charge in [0.25, 0.3) is 5.91 Å². The molecule has 2 aromatic carbocycles. The van der Waals surface area contributed by atoms with Crippen LogP contribution in [0.25, 0.3) is 6.08 Å². The monoisotopic (exact) mass is 448 g/mol. The molecule has 1 N–H and O–H groups in total. The summed E-state index contributed by atoms with van der Waals surface area (Å²) in [4.78, 5) is 12.4. The van der Waals surface area contributed by atoms with E-state index in [-0.39, 0.29) is 11.7 Å². The van der Waals surface area contributed by atoms with Crippen molar-refractivity contribution in [2.45, 2.75) is 20.0 Å². The van der Waals surface area contributed by atoms with Crippen LogP contribution in [0.1, 0.15) is 19.4 Å². The number of halogens is 2. The Kier molecular flexibility index (Phi) is 7.28. The van der Waals surface area contributed by atoms with Crippen LogP contribution in [0.3, 0.4) is 0 Å². The molecule has 7 heteroatoms. The average Bonchev–Trinajstić information content (AvgIpc) is 2.63. The number of carbonyl (C=O) groups is 1. The van der Waals surface area contributed by atoms with Crippen LogP contribution < -0.4 is 14.8 Å². The minimum absolute atomic E-state index is 0.0311. The first-order valence-electron chi connectivity index (χ1n) is 8.07. The molecule has 140 valence electrons. The molecule has 5 nitrogen and oxygen atoms in total. The molecule has 2 rings (SSSR count). The predicted molar refractivity (Wildman–Crippen MR) is 110 cm³/mol. The minimum Gasteiger partial charge on any atom is -0.493 e. The van der Waals surface area contributed by atoms with Crippen molar-refractivity contribution in [2.75, 3.05) is 12.4 Å². The molecule has 0 bridgehead atoms. The molecular weight excluding hydrogens is 432 g/mol. The molecule has 0 atom stereocenters. The third-order valence-corrected chi connectivity index (χ3v) is 4.22. The van der Waals surface area contributed by atoms with E-state index in [1.165, 1.54) is 13.2 Å². The number of carbonyl (C=O) groups excluding carboxylic acids is 1. The topological polar surface area (TPSA) is 71.3 Å². The van der Waals surface area contributed by atoms with E-state index in [1.54, 1.807) is 36.4 Å². The number of anilines is 1. The molecule has 0 aliphatic rings. The molecule has 0 spiro atoms. The van der Waals surface area contributed by atoms with Gasteiger partial charge >= 0.3 is 0 Å². The van der Waals surface area contributed by atoms with Crippen LogP contribution in [0.2, 0.25) is 5.02 Å². The normalized spacial score (nSPS) is 11.1. The number of methoxy groups -OCH3 is 1. The lowest BCUT2D eigenvalue weighted by Gasteiger charge is -2.16. The molecule has 0 saturated heterocycles. The molecule has 0 aliphatic heterocycles. The lowest BCUT2D eigenvalue weighted by atomic mass is 10.1. The fourth-order valence-electron chi connectivity index (χ4n) is 2.22. The zero-order valence-electron chi connectivity index (χ0n) is 15.0. The fourth-order valence-corrected chi connectivity index (χ4v) is 2.90. The SMILES string of the molecule is COc1cc(/C=C(\C#N)C(=O)Nc2ccc(Cl)cc2)cc(Br)c1OC(C)C. The Morgan fingerprint density at radius 2 is 1.96 bits per heavy atom. The summed E-state index contributed by atoms with van der Waals surface area (Å²) < 4.78 is 11.8. The highest BCUT2D eigenvalue weighted by Gasteiger charge is 2.15. The molecule has 0 saturated carbocycles. The number of hydrogen-bond acceptors (Lipinski definition) is 4. The van der Waals surface area contributed by atoms with Gasteiger partial charge in [0.15, 0.2) is 11.5 Å². The largest absolute Gasteiger partial charge is 0.493 e. The smallest absolute Gasteiger partial charge is 0.266 e. The minimum atomic E-state index is -0.516. The Labute approximate surface area is 171 Å². The van der Waals surface area contributed by atoms with Gasteiger partial charge in [-0.1, -0.05) is 11.6 Å². The fraction of sp³-hybridized carbons (Fsp3) is 0.200. The number of nitrogens with zero attached hydrogens (tertiary/aromatic N) is 1. The third-order valence-electron chi connectivity index (χ3n) is 3.38. The Bertz CT molecular complexity index is 903. The molecular formula is C20H18BrClN2O3. The van der Waals surface area contributed by atoms with E-state index in [0.717, 1.165) is 0 Å². The summed E-state index contributed by atoms with van der Waals surface area (Å²) >= 11 is 9.28. The first-order chi connectivity index (χ1) is 12.8. The van der Waals surface area contributed by atoms with E-state index in [0.29, 0.717) is 32.2 Å². The lowest BCUT2D eigenvalue weighted by Crippen LogP contribution is -2.13. The van der Waals surface area contributed by atoms with Gasteiger partial charge in [-0.05, 0) is 77.8 Å². The summed E-state index contributed by atoms with van der Waals surface area (Å²) in [6, 6.07) is 12.0. The van der Waals surface area contributed by atoms with E-state index in [2.05, 4.69) is 21.2 Å². The van der Waals surface area contributed by atoms with Crippen LogP contribution >= 0.6 is 27.5 Å². The molecule has 27 heavy (non-hydrogen) atoms. The summed E-state index contributed by atoms with van der Waals surface area (Å²) in [5.41, 5.74) is 1.12. The molecule has 2 aromatic rings. The first kappa shape index (κ1) is 20.8. The van der Waals surface area contributed by atoms with Crippen molar-refractivity contribution in [3.05, 3.63) is 57.0 Å². The van der Waals surface area contributed by atoms with Crippen LogP contribution in [0.15, 0.2) is 46.4 Å². The molecule has 0 unspecified atom stereocenters. The maximum atomic E-state index is 12.4. The van der Waals surface area contributed by atoms with Crippen LogP contribution in [0.4, 0.5) is 5.69 Å². The van der Waals surface area contributed by atoms with Crippen molar-refractivity contribution in [1.29, 1.82) is 5.26 Å². The Balaban J connectivity index is 2.31. The number of amides is 1. The van der Waals surface area contributed by atoms with E-state index >= 15 is 0 Å². The van der Waals surface area contributed by atoms with Crippen molar-refractivity contribution in [1.82, 2.24) is 0 Å². The molecule has 0 heterocycles. The zero-order chi connectivity index (χ0) is 20.0. The molecule has 0 radical (unpaired) electrons. The quantitative estimate of drug-likeness (QED) is 0.470. The van der Waals surface area contributed by atoms with E-state index in [1.807, 2.05) is 19.9 Å². The summed E-state index contributed by atoms with van der Waals surface area (Å²) in [5.74, 6) is 0.547. The van der Waals surface area contributed by atoms with E-state index < -0.39 is 5.91 Å². The highest BCUT2D eigenvalue weighted by atomic mass is 79.9. The Hall–Kier alpha value is -2.49. The molecule has 0 fully saturated rings. The van der Waals surface area contributed by atoms with Gasteiger partial charge in [-0.3, -0.25) is 4.79 Å². The first-order valence-corrected chi connectivity index (χ1v) is 9.24.